The van der Waals surface area contributed by atoms with Crippen molar-refractivity contribution in [2.75, 3.05) is 13.2 Å². The first-order valence-electron chi connectivity index (χ1n) is 7.62. The Morgan fingerprint density at radius 2 is 1.70 bits per heavy atom. The van der Waals surface area contributed by atoms with Gasteiger partial charge in [0, 0.05) is 24.6 Å². The van der Waals surface area contributed by atoms with E-state index in [0.717, 1.165) is 17.5 Å². The molecule has 2 aromatic carbocycles. The summed E-state index contributed by atoms with van der Waals surface area (Å²) in [6.45, 7) is 0.670. The summed E-state index contributed by atoms with van der Waals surface area (Å²) in [6.07, 6.45) is 2.99. The van der Waals surface area contributed by atoms with Crippen molar-refractivity contribution in [3.05, 3.63) is 71.7 Å². The van der Waals surface area contributed by atoms with Gasteiger partial charge in [-0.15, -0.1) is 0 Å². The van der Waals surface area contributed by atoms with Gasteiger partial charge in [0.15, 0.2) is 0 Å². The molecule has 0 aliphatic heterocycles. The van der Waals surface area contributed by atoms with Crippen LogP contribution in [0.1, 0.15) is 11.1 Å². The zero-order valence-electron chi connectivity index (χ0n) is 12.7. The molecule has 0 saturated heterocycles. The Hall–Kier alpha value is -2.46. The minimum atomic E-state index is -0.340. The van der Waals surface area contributed by atoms with Crippen LogP contribution in [0.2, 0.25) is 0 Å². The van der Waals surface area contributed by atoms with Gasteiger partial charge in [0.25, 0.3) is 0 Å². The number of benzene rings is 2. The highest BCUT2D eigenvalue weighted by Gasteiger charge is 2.06. The van der Waals surface area contributed by atoms with Crippen molar-refractivity contribution in [1.29, 1.82) is 0 Å². The second-order valence-corrected chi connectivity index (χ2v) is 5.33. The van der Waals surface area contributed by atoms with Crippen molar-refractivity contribution in [2.45, 2.75) is 12.8 Å². The summed E-state index contributed by atoms with van der Waals surface area (Å²) in [6, 6.07) is 14.7. The summed E-state index contributed by atoms with van der Waals surface area (Å²) in [7, 11) is 0. The smallest absolute Gasteiger partial charge is 0.149 e. The van der Waals surface area contributed by atoms with E-state index in [1.54, 1.807) is 18.3 Å². The predicted molar refractivity (Wildman–Crippen MR) is 88.1 cm³/mol. The van der Waals surface area contributed by atoms with Gasteiger partial charge in [-0.2, -0.15) is 0 Å². The van der Waals surface area contributed by atoms with Gasteiger partial charge in [0.05, 0.1) is 6.61 Å². The fraction of sp³-hybridized carbons (Fsp3) is 0.211. The maximum Gasteiger partial charge on any atom is 0.149 e. The van der Waals surface area contributed by atoms with E-state index in [4.69, 9.17) is 9.84 Å². The van der Waals surface area contributed by atoms with Gasteiger partial charge in [-0.1, -0.05) is 30.3 Å². The molecule has 3 rings (SSSR count). The van der Waals surface area contributed by atoms with Gasteiger partial charge < -0.3 is 9.84 Å². The van der Waals surface area contributed by atoms with Crippen LogP contribution in [0, 0.1) is 5.82 Å². The maximum atomic E-state index is 13.7. The largest absolute Gasteiger partial charge is 0.492 e. The second-order valence-electron chi connectivity index (χ2n) is 5.33. The van der Waals surface area contributed by atoms with E-state index in [0.29, 0.717) is 29.7 Å². The Kier molecular flexibility index (Phi) is 4.83. The van der Waals surface area contributed by atoms with E-state index in [9.17, 15) is 4.39 Å². The molecule has 3 aromatic rings. The number of pyridine rings is 1. The Balaban J connectivity index is 1.66. The van der Waals surface area contributed by atoms with Crippen molar-refractivity contribution >= 4 is 10.9 Å². The lowest BCUT2D eigenvalue weighted by Gasteiger charge is -2.09. The molecule has 3 nitrogen and oxygen atoms in total. The van der Waals surface area contributed by atoms with E-state index < -0.39 is 0 Å². The third-order valence-electron chi connectivity index (χ3n) is 3.75. The SMILES string of the molecule is OCCc1ccc(CCOc2ccnc3c(F)cccc23)cc1. The molecule has 0 aliphatic carbocycles. The Morgan fingerprint density at radius 3 is 2.43 bits per heavy atom. The molecule has 1 N–H and O–H groups in total. The lowest BCUT2D eigenvalue weighted by molar-refractivity contribution is 0.299. The van der Waals surface area contributed by atoms with Crippen LogP contribution in [-0.4, -0.2) is 23.3 Å². The summed E-state index contributed by atoms with van der Waals surface area (Å²) in [4.78, 5) is 4.06. The molecule has 0 fully saturated rings. The first kappa shape index (κ1) is 15.4. The number of hydrogen-bond donors (Lipinski definition) is 1. The first-order valence-corrected chi connectivity index (χ1v) is 7.62. The molecule has 4 heteroatoms. The number of hydrogen-bond acceptors (Lipinski definition) is 3. The summed E-state index contributed by atoms with van der Waals surface area (Å²) < 4.78 is 19.5. The molecular formula is C19H18FNO2. The number of aliphatic hydroxyl groups is 1. The zero-order valence-corrected chi connectivity index (χ0v) is 12.7. The third-order valence-corrected chi connectivity index (χ3v) is 3.75. The van der Waals surface area contributed by atoms with Gasteiger partial charge in [-0.05, 0) is 35.7 Å². The minimum absolute atomic E-state index is 0.161. The first-order chi connectivity index (χ1) is 11.3. The summed E-state index contributed by atoms with van der Waals surface area (Å²) in [5.74, 6) is 0.304. The molecule has 0 aliphatic rings. The number of nitrogens with zero attached hydrogens (tertiary/aromatic N) is 1. The molecule has 118 valence electrons. The lowest BCUT2D eigenvalue weighted by atomic mass is 10.1. The molecule has 0 amide bonds. The maximum absolute atomic E-state index is 13.7. The molecular weight excluding hydrogens is 293 g/mol. The van der Waals surface area contributed by atoms with Crippen LogP contribution >= 0.6 is 0 Å². The van der Waals surface area contributed by atoms with Crippen LogP contribution < -0.4 is 4.74 Å². The quantitative estimate of drug-likeness (QED) is 0.757. The number of halogens is 1. The second kappa shape index (κ2) is 7.20. The Morgan fingerprint density at radius 1 is 0.957 bits per heavy atom. The van der Waals surface area contributed by atoms with E-state index in [1.807, 2.05) is 30.3 Å². The average Bonchev–Trinajstić information content (AvgIpc) is 2.58. The van der Waals surface area contributed by atoms with Gasteiger partial charge in [0.2, 0.25) is 0 Å². The fourth-order valence-corrected chi connectivity index (χ4v) is 2.52. The van der Waals surface area contributed by atoms with Crippen LogP contribution in [0.3, 0.4) is 0 Å². The van der Waals surface area contributed by atoms with E-state index in [-0.39, 0.29) is 12.4 Å². The summed E-state index contributed by atoms with van der Waals surface area (Å²) in [5, 5.41) is 9.60. The Labute approximate surface area is 134 Å². The van der Waals surface area contributed by atoms with Crippen LogP contribution in [0.4, 0.5) is 4.39 Å². The molecule has 0 bridgehead atoms. The minimum Gasteiger partial charge on any atom is -0.492 e. The fourth-order valence-electron chi connectivity index (χ4n) is 2.52. The monoisotopic (exact) mass is 311 g/mol. The number of aliphatic hydroxyl groups excluding tert-OH is 1. The topological polar surface area (TPSA) is 42.4 Å². The Bertz CT molecular complexity index is 787. The van der Waals surface area contributed by atoms with Crippen molar-refractivity contribution < 1.29 is 14.2 Å². The molecule has 1 heterocycles. The van der Waals surface area contributed by atoms with E-state index in [1.165, 1.54) is 6.07 Å². The molecule has 0 unspecified atom stereocenters. The number of rotatable bonds is 6. The predicted octanol–water partition coefficient (Wildman–Crippen LogP) is 3.53. The molecule has 0 atom stereocenters. The summed E-state index contributed by atoms with van der Waals surface area (Å²) in [5.41, 5.74) is 2.61. The van der Waals surface area contributed by atoms with Gasteiger partial charge in [-0.3, -0.25) is 4.98 Å². The lowest BCUT2D eigenvalue weighted by Crippen LogP contribution is -2.02. The highest BCUT2D eigenvalue weighted by Crippen LogP contribution is 2.25. The number of para-hydroxylation sites is 1. The van der Waals surface area contributed by atoms with Crippen molar-refractivity contribution in [3.63, 3.8) is 0 Å². The van der Waals surface area contributed by atoms with Gasteiger partial charge in [-0.25, -0.2) is 4.39 Å². The number of fused-ring (bicyclic) bond motifs is 1. The molecule has 0 saturated carbocycles. The van der Waals surface area contributed by atoms with Gasteiger partial charge in [0.1, 0.15) is 17.1 Å². The molecule has 0 radical (unpaired) electrons. The van der Waals surface area contributed by atoms with Crippen LogP contribution in [0.25, 0.3) is 10.9 Å². The van der Waals surface area contributed by atoms with Crippen molar-refractivity contribution in [3.8, 4) is 5.75 Å². The van der Waals surface area contributed by atoms with Crippen LogP contribution in [0.5, 0.6) is 5.75 Å². The molecule has 0 spiro atoms. The highest BCUT2D eigenvalue weighted by atomic mass is 19.1. The zero-order chi connectivity index (χ0) is 16.1. The number of aromatic nitrogens is 1. The number of ether oxygens (including phenoxy) is 1. The average molecular weight is 311 g/mol. The standard InChI is InChI=1S/C19H18FNO2/c20-17-3-1-2-16-18(8-11-21-19(16)17)23-13-10-15-6-4-14(5-7-15)9-12-22/h1-8,11,22H,9-10,12-13H2. The normalized spacial score (nSPS) is 10.9. The van der Waals surface area contributed by atoms with Crippen molar-refractivity contribution in [2.24, 2.45) is 0 Å². The summed E-state index contributed by atoms with van der Waals surface area (Å²) >= 11 is 0. The van der Waals surface area contributed by atoms with Crippen LogP contribution in [-0.2, 0) is 12.8 Å². The third kappa shape index (κ3) is 3.66. The molecule has 1 aromatic heterocycles. The van der Waals surface area contributed by atoms with Crippen LogP contribution in [0.15, 0.2) is 54.7 Å². The van der Waals surface area contributed by atoms with E-state index >= 15 is 0 Å². The molecule has 23 heavy (non-hydrogen) atoms. The van der Waals surface area contributed by atoms with Gasteiger partial charge >= 0.3 is 0 Å². The van der Waals surface area contributed by atoms with E-state index in [2.05, 4.69) is 4.98 Å². The highest BCUT2D eigenvalue weighted by molar-refractivity contribution is 5.85. The van der Waals surface area contributed by atoms with Crippen molar-refractivity contribution in [1.82, 2.24) is 4.98 Å².